The summed E-state index contributed by atoms with van der Waals surface area (Å²) < 4.78 is 36.0. The second-order valence-corrected chi connectivity index (χ2v) is 3.99. The standard InChI is InChI=1S/C9H8F3N3OS/c10-9(11,12)17-7-3-1-6(2-4-7)5-14-15-8(13)16/h1-5H,(H3,13,15,16). The lowest BCUT2D eigenvalue weighted by molar-refractivity contribution is -0.0328. The van der Waals surface area contributed by atoms with Gasteiger partial charge in [-0.25, -0.2) is 10.2 Å². The van der Waals surface area contributed by atoms with Crippen molar-refractivity contribution in [2.45, 2.75) is 10.4 Å². The molecule has 0 saturated heterocycles. The molecule has 0 radical (unpaired) electrons. The van der Waals surface area contributed by atoms with Gasteiger partial charge in [0.15, 0.2) is 0 Å². The zero-order valence-corrected chi connectivity index (χ0v) is 9.18. The molecule has 17 heavy (non-hydrogen) atoms. The van der Waals surface area contributed by atoms with Crippen molar-refractivity contribution >= 4 is 24.0 Å². The molecule has 2 amide bonds. The first-order chi connectivity index (χ1) is 7.87. The average Bonchev–Trinajstić information content (AvgIpc) is 2.18. The van der Waals surface area contributed by atoms with Crippen molar-refractivity contribution < 1.29 is 18.0 Å². The topological polar surface area (TPSA) is 67.5 Å². The molecule has 0 spiro atoms. The third kappa shape index (κ3) is 5.81. The Kier molecular flexibility index (Phi) is 4.38. The second-order valence-electron chi connectivity index (χ2n) is 2.85. The van der Waals surface area contributed by atoms with Crippen LogP contribution in [0.5, 0.6) is 0 Å². The largest absolute Gasteiger partial charge is 0.446 e. The molecule has 0 bridgehead atoms. The first-order valence-electron chi connectivity index (χ1n) is 4.31. The van der Waals surface area contributed by atoms with Crippen molar-refractivity contribution in [2.75, 3.05) is 0 Å². The molecular weight excluding hydrogens is 255 g/mol. The Morgan fingerprint density at radius 3 is 2.41 bits per heavy atom. The molecule has 0 aromatic heterocycles. The third-order valence-corrected chi connectivity index (χ3v) is 2.24. The van der Waals surface area contributed by atoms with Crippen LogP contribution in [0.4, 0.5) is 18.0 Å². The number of hydrogen-bond acceptors (Lipinski definition) is 3. The Balaban J connectivity index is 2.62. The van der Waals surface area contributed by atoms with Crippen molar-refractivity contribution in [2.24, 2.45) is 10.8 Å². The number of benzene rings is 1. The molecule has 4 nitrogen and oxygen atoms in total. The van der Waals surface area contributed by atoms with Crippen molar-refractivity contribution in [3.63, 3.8) is 0 Å². The van der Waals surface area contributed by atoms with Crippen LogP contribution in [0.3, 0.4) is 0 Å². The maximum absolute atomic E-state index is 12.0. The van der Waals surface area contributed by atoms with Gasteiger partial charge >= 0.3 is 11.5 Å². The highest BCUT2D eigenvalue weighted by molar-refractivity contribution is 8.00. The maximum atomic E-state index is 12.0. The van der Waals surface area contributed by atoms with Crippen molar-refractivity contribution in [3.05, 3.63) is 29.8 Å². The van der Waals surface area contributed by atoms with Crippen molar-refractivity contribution in [1.82, 2.24) is 5.43 Å². The molecule has 3 N–H and O–H groups in total. The molecule has 0 saturated carbocycles. The molecule has 0 heterocycles. The van der Waals surface area contributed by atoms with Gasteiger partial charge in [-0.15, -0.1) is 0 Å². The van der Waals surface area contributed by atoms with Crippen molar-refractivity contribution in [3.8, 4) is 0 Å². The summed E-state index contributed by atoms with van der Waals surface area (Å²) in [7, 11) is 0. The molecule has 0 aliphatic carbocycles. The lowest BCUT2D eigenvalue weighted by Crippen LogP contribution is -2.24. The number of carbonyl (C=O) groups excluding carboxylic acids is 1. The molecule has 0 aliphatic heterocycles. The maximum Gasteiger partial charge on any atom is 0.446 e. The van der Waals surface area contributed by atoms with Crippen LogP contribution < -0.4 is 11.2 Å². The molecule has 1 rings (SSSR count). The fourth-order valence-electron chi connectivity index (χ4n) is 0.926. The van der Waals surface area contributed by atoms with E-state index in [9.17, 15) is 18.0 Å². The van der Waals surface area contributed by atoms with E-state index < -0.39 is 11.5 Å². The number of nitrogens with one attached hydrogen (secondary N) is 1. The number of alkyl halides is 3. The van der Waals surface area contributed by atoms with Gasteiger partial charge < -0.3 is 5.73 Å². The van der Waals surface area contributed by atoms with Gasteiger partial charge in [0, 0.05) is 4.90 Å². The van der Waals surface area contributed by atoms with Crippen LogP contribution in [-0.2, 0) is 0 Å². The number of rotatable bonds is 3. The van der Waals surface area contributed by atoms with Gasteiger partial charge in [-0.2, -0.15) is 18.3 Å². The Bertz CT molecular complexity index is 416. The molecule has 1 aromatic rings. The summed E-state index contributed by atoms with van der Waals surface area (Å²) >= 11 is -0.196. The van der Waals surface area contributed by atoms with Gasteiger partial charge in [-0.3, -0.25) is 0 Å². The highest BCUT2D eigenvalue weighted by Gasteiger charge is 2.28. The van der Waals surface area contributed by atoms with Crippen LogP contribution in [0.15, 0.2) is 34.3 Å². The number of nitrogens with two attached hydrogens (primary N) is 1. The van der Waals surface area contributed by atoms with Crippen LogP contribution in [-0.4, -0.2) is 17.8 Å². The first-order valence-corrected chi connectivity index (χ1v) is 5.13. The molecule has 8 heteroatoms. The van der Waals surface area contributed by atoms with Crippen LogP contribution in [0.2, 0.25) is 0 Å². The molecular formula is C9H8F3N3OS. The summed E-state index contributed by atoms with van der Waals surface area (Å²) in [6.45, 7) is 0. The second kappa shape index (κ2) is 5.58. The average molecular weight is 263 g/mol. The van der Waals surface area contributed by atoms with Crippen molar-refractivity contribution in [1.29, 1.82) is 0 Å². The van der Waals surface area contributed by atoms with E-state index in [-0.39, 0.29) is 16.7 Å². The molecule has 1 aromatic carbocycles. The fourth-order valence-corrected chi connectivity index (χ4v) is 1.47. The smallest absolute Gasteiger partial charge is 0.350 e. The number of carbonyl (C=O) groups is 1. The molecule has 0 fully saturated rings. The van der Waals surface area contributed by atoms with Crippen LogP contribution in [0, 0.1) is 0 Å². The zero-order valence-electron chi connectivity index (χ0n) is 8.36. The number of hydrogen-bond donors (Lipinski definition) is 2. The van der Waals surface area contributed by atoms with Crippen LogP contribution >= 0.6 is 11.8 Å². The SMILES string of the molecule is NC(=O)NN=Cc1ccc(SC(F)(F)F)cc1. The monoisotopic (exact) mass is 263 g/mol. The van der Waals surface area contributed by atoms with Gasteiger partial charge in [0.05, 0.1) is 6.21 Å². The minimum absolute atomic E-state index is 0.0810. The third-order valence-electron chi connectivity index (χ3n) is 1.50. The van der Waals surface area contributed by atoms with E-state index in [0.29, 0.717) is 5.56 Å². The number of halogens is 3. The molecule has 0 unspecified atom stereocenters. The highest BCUT2D eigenvalue weighted by Crippen LogP contribution is 2.36. The summed E-state index contributed by atoms with van der Waals surface area (Å²) in [5, 5.41) is 3.47. The number of amides is 2. The highest BCUT2D eigenvalue weighted by atomic mass is 32.2. The van der Waals surface area contributed by atoms with Gasteiger partial charge in [0.2, 0.25) is 0 Å². The van der Waals surface area contributed by atoms with E-state index in [4.69, 9.17) is 5.73 Å². The number of thioether (sulfide) groups is 1. The Morgan fingerprint density at radius 1 is 1.35 bits per heavy atom. The van der Waals surface area contributed by atoms with E-state index in [1.807, 2.05) is 5.43 Å². The van der Waals surface area contributed by atoms with Gasteiger partial charge in [-0.1, -0.05) is 12.1 Å². The summed E-state index contributed by atoms with van der Waals surface area (Å²) in [4.78, 5) is 10.4. The first kappa shape index (κ1) is 13.4. The van der Waals surface area contributed by atoms with E-state index in [2.05, 4.69) is 5.10 Å². The summed E-state index contributed by atoms with van der Waals surface area (Å²) in [6, 6.07) is 4.69. The molecule has 0 atom stereocenters. The van der Waals surface area contributed by atoms with E-state index in [1.54, 1.807) is 0 Å². The molecule has 92 valence electrons. The Hall–Kier alpha value is -1.70. The predicted octanol–water partition coefficient (Wildman–Crippen LogP) is 2.30. The normalized spacial score (nSPS) is 11.7. The summed E-state index contributed by atoms with van der Waals surface area (Å²) in [5.74, 6) is 0. The van der Waals surface area contributed by atoms with Gasteiger partial charge in [0.25, 0.3) is 0 Å². The zero-order chi connectivity index (χ0) is 12.9. The van der Waals surface area contributed by atoms with Crippen LogP contribution in [0.1, 0.15) is 5.56 Å². The predicted molar refractivity (Wildman–Crippen MR) is 58.7 cm³/mol. The van der Waals surface area contributed by atoms with Crippen LogP contribution in [0.25, 0.3) is 0 Å². The minimum atomic E-state index is -4.30. The lowest BCUT2D eigenvalue weighted by Gasteiger charge is -2.04. The number of primary amides is 1. The summed E-state index contributed by atoms with van der Waals surface area (Å²) in [6.07, 6.45) is 1.27. The van der Waals surface area contributed by atoms with E-state index in [0.717, 1.165) is 0 Å². The van der Waals surface area contributed by atoms with E-state index >= 15 is 0 Å². The Morgan fingerprint density at radius 2 is 1.94 bits per heavy atom. The molecule has 0 aliphatic rings. The fraction of sp³-hybridized carbons (Fsp3) is 0.111. The Labute approximate surface area is 99.1 Å². The number of urea groups is 1. The quantitative estimate of drug-likeness (QED) is 0.499. The number of nitrogens with zero attached hydrogens (tertiary/aromatic N) is 1. The lowest BCUT2D eigenvalue weighted by atomic mass is 10.2. The van der Waals surface area contributed by atoms with E-state index in [1.165, 1.54) is 30.5 Å². The number of hydrazone groups is 1. The minimum Gasteiger partial charge on any atom is -0.350 e. The summed E-state index contributed by atoms with van der Waals surface area (Å²) in [5.41, 5.74) is 2.97. The van der Waals surface area contributed by atoms with Gasteiger partial charge in [0.1, 0.15) is 0 Å². The van der Waals surface area contributed by atoms with Gasteiger partial charge in [-0.05, 0) is 29.5 Å².